The van der Waals surface area contributed by atoms with Crippen molar-refractivity contribution in [1.82, 2.24) is 5.32 Å². The second kappa shape index (κ2) is 7.21. The summed E-state index contributed by atoms with van der Waals surface area (Å²) in [6.45, 7) is 3.43. The summed E-state index contributed by atoms with van der Waals surface area (Å²) in [6, 6.07) is 5.18. The van der Waals surface area contributed by atoms with Gasteiger partial charge in [-0.3, -0.25) is 4.79 Å². The first-order valence-corrected chi connectivity index (χ1v) is 6.08. The van der Waals surface area contributed by atoms with E-state index < -0.39 is 6.04 Å². The van der Waals surface area contributed by atoms with Crippen molar-refractivity contribution in [1.29, 1.82) is 0 Å². The molecule has 19 heavy (non-hydrogen) atoms. The molecular formula is C13H19ClN2O3. The summed E-state index contributed by atoms with van der Waals surface area (Å²) < 4.78 is 11.1. The lowest BCUT2D eigenvalue weighted by molar-refractivity contribution is -0.122. The quantitative estimate of drug-likeness (QED) is 0.877. The fourth-order valence-corrected chi connectivity index (χ4v) is 1.67. The van der Waals surface area contributed by atoms with Crippen LogP contribution in [0.25, 0.3) is 0 Å². The summed E-state index contributed by atoms with van der Waals surface area (Å²) in [7, 11) is 0. The molecule has 1 aromatic carbocycles. The van der Waals surface area contributed by atoms with Gasteiger partial charge in [-0.1, -0.05) is 6.07 Å². The lowest BCUT2D eigenvalue weighted by Gasteiger charge is -2.11. The van der Waals surface area contributed by atoms with Crippen molar-refractivity contribution in [2.75, 3.05) is 13.2 Å². The number of carbonyl (C=O) groups is 1. The van der Waals surface area contributed by atoms with Crippen molar-refractivity contribution in [2.24, 2.45) is 5.73 Å². The predicted molar refractivity (Wildman–Crippen MR) is 74.8 cm³/mol. The van der Waals surface area contributed by atoms with Gasteiger partial charge in [0.2, 0.25) is 5.91 Å². The summed E-state index contributed by atoms with van der Waals surface area (Å²) in [4.78, 5) is 11.4. The van der Waals surface area contributed by atoms with Crippen LogP contribution in [0.3, 0.4) is 0 Å². The Morgan fingerprint density at radius 2 is 2.05 bits per heavy atom. The van der Waals surface area contributed by atoms with Gasteiger partial charge in [0.05, 0.1) is 19.3 Å². The van der Waals surface area contributed by atoms with Gasteiger partial charge >= 0.3 is 0 Å². The number of amides is 1. The number of ether oxygens (including phenoxy) is 2. The maximum Gasteiger partial charge on any atom is 0.236 e. The summed E-state index contributed by atoms with van der Waals surface area (Å²) in [5.74, 6) is 1.33. The van der Waals surface area contributed by atoms with Crippen LogP contribution in [0.1, 0.15) is 18.9 Å². The molecule has 0 fully saturated rings. The molecule has 1 atom stereocenters. The van der Waals surface area contributed by atoms with E-state index in [0.717, 1.165) is 23.5 Å². The van der Waals surface area contributed by atoms with Gasteiger partial charge in [0.1, 0.15) is 0 Å². The normalized spacial score (nSPS) is 14.8. The van der Waals surface area contributed by atoms with Crippen LogP contribution < -0.4 is 20.5 Å². The fourth-order valence-electron chi connectivity index (χ4n) is 1.67. The van der Waals surface area contributed by atoms with Gasteiger partial charge in [-0.2, -0.15) is 0 Å². The largest absolute Gasteiger partial charge is 0.490 e. The molecule has 2 rings (SSSR count). The van der Waals surface area contributed by atoms with Gasteiger partial charge in [0.25, 0.3) is 0 Å². The molecule has 0 unspecified atom stereocenters. The summed E-state index contributed by atoms with van der Waals surface area (Å²) in [6.07, 6.45) is 0.880. The van der Waals surface area contributed by atoms with Crippen LogP contribution in [0.15, 0.2) is 18.2 Å². The van der Waals surface area contributed by atoms with Gasteiger partial charge in [0.15, 0.2) is 11.5 Å². The highest BCUT2D eigenvalue weighted by Gasteiger charge is 2.11. The van der Waals surface area contributed by atoms with E-state index in [2.05, 4.69) is 5.32 Å². The van der Waals surface area contributed by atoms with Crippen LogP contribution in [-0.4, -0.2) is 25.2 Å². The van der Waals surface area contributed by atoms with E-state index in [-0.39, 0.29) is 18.3 Å². The first kappa shape index (κ1) is 15.6. The van der Waals surface area contributed by atoms with E-state index in [0.29, 0.717) is 19.8 Å². The fraction of sp³-hybridized carbons (Fsp3) is 0.462. The monoisotopic (exact) mass is 286 g/mol. The second-order valence-corrected chi connectivity index (χ2v) is 4.34. The first-order chi connectivity index (χ1) is 8.66. The minimum absolute atomic E-state index is 0. The van der Waals surface area contributed by atoms with Gasteiger partial charge in [0, 0.05) is 13.0 Å². The zero-order valence-corrected chi connectivity index (χ0v) is 11.7. The molecule has 1 aliphatic rings. The van der Waals surface area contributed by atoms with Gasteiger partial charge in [-0.25, -0.2) is 0 Å². The molecule has 1 amide bonds. The topological polar surface area (TPSA) is 73.6 Å². The Balaban J connectivity index is 0.00000180. The highest BCUT2D eigenvalue weighted by atomic mass is 35.5. The number of hydrogen-bond donors (Lipinski definition) is 2. The van der Waals surface area contributed by atoms with Crippen LogP contribution in [0.5, 0.6) is 11.5 Å². The average Bonchev–Trinajstić information content (AvgIpc) is 2.60. The Labute approximate surface area is 118 Å². The third-order valence-corrected chi connectivity index (χ3v) is 2.69. The summed E-state index contributed by atoms with van der Waals surface area (Å²) in [5, 5.41) is 2.76. The smallest absolute Gasteiger partial charge is 0.236 e. The number of rotatable bonds is 3. The first-order valence-electron chi connectivity index (χ1n) is 6.08. The molecule has 1 heterocycles. The Hall–Kier alpha value is -1.46. The molecule has 0 saturated carbocycles. The lowest BCUT2D eigenvalue weighted by Crippen LogP contribution is -2.37. The lowest BCUT2D eigenvalue weighted by atomic mass is 10.2. The molecular weight excluding hydrogens is 268 g/mol. The van der Waals surface area contributed by atoms with Crippen LogP contribution in [0.4, 0.5) is 0 Å². The number of nitrogens with two attached hydrogens (primary N) is 1. The van der Waals surface area contributed by atoms with Crippen molar-refractivity contribution in [3.63, 3.8) is 0 Å². The van der Waals surface area contributed by atoms with Crippen LogP contribution in [0.2, 0.25) is 0 Å². The van der Waals surface area contributed by atoms with Gasteiger partial charge in [-0.15, -0.1) is 12.4 Å². The van der Waals surface area contributed by atoms with Crippen LogP contribution in [-0.2, 0) is 11.3 Å². The maximum absolute atomic E-state index is 11.4. The molecule has 106 valence electrons. The predicted octanol–water partition coefficient (Wildman–Crippen LogP) is 1.23. The minimum atomic E-state index is -0.495. The number of hydrogen-bond acceptors (Lipinski definition) is 4. The number of benzene rings is 1. The Morgan fingerprint density at radius 1 is 1.37 bits per heavy atom. The maximum atomic E-state index is 11.4. The van der Waals surface area contributed by atoms with Crippen LogP contribution in [0, 0.1) is 0 Å². The van der Waals surface area contributed by atoms with Crippen molar-refractivity contribution >= 4 is 18.3 Å². The number of halogens is 1. The van der Waals surface area contributed by atoms with Crippen molar-refractivity contribution in [3.05, 3.63) is 23.8 Å². The van der Waals surface area contributed by atoms with E-state index >= 15 is 0 Å². The van der Waals surface area contributed by atoms with Crippen molar-refractivity contribution < 1.29 is 14.3 Å². The van der Waals surface area contributed by atoms with E-state index in [1.165, 1.54) is 0 Å². The molecule has 3 N–H and O–H groups in total. The number of fused-ring (bicyclic) bond motifs is 1. The number of nitrogens with one attached hydrogen (secondary N) is 1. The Bertz CT molecular complexity index is 438. The van der Waals surface area contributed by atoms with E-state index in [9.17, 15) is 4.79 Å². The van der Waals surface area contributed by atoms with Crippen LogP contribution >= 0.6 is 12.4 Å². The van der Waals surface area contributed by atoms with Gasteiger partial charge < -0.3 is 20.5 Å². The molecule has 0 aromatic heterocycles. The molecule has 1 aromatic rings. The van der Waals surface area contributed by atoms with E-state index in [1.807, 2.05) is 18.2 Å². The highest BCUT2D eigenvalue weighted by molar-refractivity contribution is 5.85. The molecule has 0 bridgehead atoms. The summed E-state index contributed by atoms with van der Waals surface area (Å²) in [5.41, 5.74) is 6.44. The van der Waals surface area contributed by atoms with Crippen molar-refractivity contribution in [2.45, 2.75) is 25.9 Å². The van der Waals surface area contributed by atoms with E-state index in [1.54, 1.807) is 6.92 Å². The minimum Gasteiger partial charge on any atom is -0.490 e. The van der Waals surface area contributed by atoms with E-state index in [4.69, 9.17) is 15.2 Å². The zero-order valence-electron chi connectivity index (χ0n) is 10.8. The third-order valence-electron chi connectivity index (χ3n) is 2.69. The molecule has 0 aliphatic carbocycles. The molecule has 5 nitrogen and oxygen atoms in total. The third kappa shape index (κ3) is 4.29. The summed E-state index contributed by atoms with van der Waals surface area (Å²) >= 11 is 0. The second-order valence-electron chi connectivity index (χ2n) is 4.34. The molecule has 6 heteroatoms. The van der Waals surface area contributed by atoms with Gasteiger partial charge in [-0.05, 0) is 24.6 Å². The number of carbonyl (C=O) groups excluding carboxylic acids is 1. The standard InChI is InChI=1S/C13H18N2O3.ClH/c1-9(14)13(16)15-8-10-3-4-11-12(7-10)18-6-2-5-17-11;/h3-4,7,9H,2,5-6,8,14H2,1H3,(H,15,16);1H/t9-;/m0./s1. The zero-order chi connectivity index (χ0) is 13.0. The molecule has 0 spiro atoms. The average molecular weight is 287 g/mol. The van der Waals surface area contributed by atoms with Crippen molar-refractivity contribution in [3.8, 4) is 11.5 Å². The molecule has 1 aliphatic heterocycles. The Kier molecular flexibility index (Phi) is 5.92. The molecule has 0 saturated heterocycles. The SMILES string of the molecule is C[C@H](N)C(=O)NCc1ccc2c(c1)OCCCO2.Cl. The Morgan fingerprint density at radius 3 is 2.74 bits per heavy atom. The highest BCUT2D eigenvalue weighted by Crippen LogP contribution is 2.30. The molecule has 0 radical (unpaired) electrons.